The van der Waals surface area contributed by atoms with E-state index in [1.807, 2.05) is 0 Å². The van der Waals surface area contributed by atoms with Gasteiger partial charge in [0.15, 0.2) is 5.75 Å². The molecule has 0 aliphatic carbocycles. The summed E-state index contributed by atoms with van der Waals surface area (Å²) in [6.45, 7) is -0.503. The minimum atomic E-state index is -0.866. The van der Waals surface area contributed by atoms with E-state index in [9.17, 15) is 28.5 Å². The molecule has 10 heteroatoms. The van der Waals surface area contributed by atoms with Crippen LogP contribution in [0.3, 0.4) is 0 Å². The Morgan fingerprint density at radius 2 is 1.81 bits per heavy atom. The van der Waals surface area contributed by atoms with E-state index in [-0.39, 0.29) is 17.0 Å². The van der Waals surface area contributed by atoms with E-state index in [4.69, 9.17) is 4.74 Å². The van der Waals surface area contributed by atoms with Crippen LogP contribution in [0, 0.1) is 21.7 Å². The molecular weight excluding hydrogens is 352 g/mol. The highest BCUT2D eigenvalue weighted by Gasteiger charge is 2.18. The number of carbonyl (C=O) groups is 2. The minimum absolute atomic E-state index is 0.0163. The number of carbonyl (C=O) groups excluding carboxylic acids is 2. The lowest BCUT2D eigenvalue weighted by molar-refractivity contribution is -0.385. The van der Waals surface area contributed by atoms with Crippen molar-refractivity contribution >= 4 is 23.2 Å². The Kier molecular flexibility index (Phi) is 5.78. The predicted octanol–water partition coefficient (Wildman–Crippen LogP) is 2.25. The molecule has 0 spiro atoms. The summed E-state index contributed by atoms with van der Waals surface area (Å²) >= 11 is 0. The van der Waals surface area contributed by atoms with Gasteiger partial charge in [-0.2, -0.15) is 0 Å². The molecule has 26 heavy (non-hydrogen) atoms. The zero-order valence-corrected chi connectivity index (χ0v) is 13.4. The van der Waals surface area contributed by atoms with Gasteiger partial charge >= 0.3 is 5.69 Å². The normalized spacial score (nSPS) is 10.1. The molecular formula is C16H13F2N3O5. The van der Waals surface area contributed by atoms with E-state index >= 15 is 0 Å². The van der Waals surface area contributed by atoms with Crippen LogP contribution in [0.2, 0.25) is 0 Å². The third kappa shape index (κ3) is 4.72. The maximum absolute atomic E-state index is 13.1. The second-order valence-corrected chi connectivity index (χ2v) is 5.03. The number of nitro benzene ring substituents is 1. The first-order valence-corrected chi connectivity index (χ1v) is 7.16. The van der Waals surface area contributed by atoms with Gasteiger partial charge in [0.25, 0.3) is 5.91 Å². The van der Waals surface area contributed by atoms with Gasteiger partial charge in [0.1, 0.15) is 11.6 Å². The topological polar surface area (TPSA) is 111 Å². The molecule has 0 saturated heterocycles. The van der Waals surface area contributed by atoms with Gasteiger partial charge in [0.2, 0.25) is 5.91 Å². The van der Waals surface area contributed by atoms with Crippen LogP contribution in [0.5, 0.6) is 5.75 Å². The fourth-order valence-corrected chi connectivity index (χ4v) is 2.07. The first-order chi connectivity index (χ1) is 12.3. The first kappa shape index (κ1) is 18.8. The quantitative estimate of drug-likeness (QED) is 0.603. The van der Waals surface area contributed by atoms with E-state index in [1.54, 1.807) is 0 Å². The van der Waals surface area contributed by atoms with Crippen LogP contribution in [0.1, 0.15) is 10.4 Å². The zero-order chi connectivity index (χ0) is 19.3. The lowest BCUT2D eigenvalue weighted by atomic mass is 10.1. The Morgan fingerprint density at radius 1 is 1.15 bits per heavy atom. The molecule has 2 rings (SSSR count). The van der Waals surface area contributed by atoms with Crippen LogP contribution in [-0.4, -0.2) is 30.4 Å². The molecule has 0 aromatic heterocycles. The highest BCUT2D eigenvalue weighted by molar-refractivity contribution is 5.99. The van der Waals surface area contributed by atoms with Crippen molar-refractivity contribution in [1.82, 2.24) is 5.32 Å². The van der Waals surface area contributed by atoms with Gasteiger partial charge in [0.05, 0.1) is 18.6 Å². The van der Waals surface area contributed by atoms with E-state index in [0.717, 1.165) is 18.2 Å². The van der Waals surface area contributed by atoms with E-state index < -0.39 is 40.6 Å². The molecule has 0 heterocycles. The standard InChI is InChI=1S/C16H13F2N3O5/c1-26-14-3-2-9(4-13(14)21(24)25)16(23)19-8-15(22)20-12-6-10(17)5-11(18)7-12/h2-7H,8H2,1H3,(H,19,23)(H,20,22). The first-order valence-electron chi connectivity index (χ1n) is 7.16. The Labute approximate surface area is 145 Å². The summed E-state index contributed by atoms with van der Waals surface area (Å²) in [7, 11) is 1.25. The van der Waals surface area contributed by atoms with Gasteiger partial charge < -0.3 is 15.4 Å². The van der Waals surface area contributed by atoms with Crippen molar-refractivity contribution in [3.8, 4) is 5.75 Å². The number of methoxy groups -OCH3 is 1. The smallest absolute Gasteiger partial charge is 0.311 e. The van der Waals surface area contributed by atoms with Crippen molar-refractivity contribution in [3.63, 3.8) is 0 Å². The summed E-state index contributed by atoms with van der Waals surface area (Å²) < 4.78 is 30.9. The Hall–Kier alpha value is -3.56. The van der Waals surface area contributed by atoms with Crippen molar-refractivity contribution in [2.24, 2.45) is 0 Å². The number of nitrogens with zero attached hydrogens (tertiary/aromatic N) is 1. The van der Waals surface area contributed by atoms with Crippen LogP contribution in [0.4, 0.5) is 20.2 Å². The van der Waals surface area contributed by atoms with Gasteiger partial charge in [-0.15, -0.1) is 0 Å². The summed E-state index contributed by atoms with van der Waals surface area (Å²) in [5.74, 6) is -3.22. The molecule has 2 aromatic carbocycles. The molecule has 2 aromatic rings. The number of rotatable bonds is 6. The van der Waals surface area contributed by atoms with Gasteiger partial charge in [-0.05, 0) is 24.3 Å². The van der Waals surface area contributed by atoms with Crippen molar-refractivity contribution < 1.29 is 28.0 Å². The Balaban J connectivity index is 2.00. The van der Waals surface area contributed by atoms with Crippen LogP contribution in [0.15, 0.2) is 36.4 Å². The van der Waals surface area contributed by atoms with Crippen molar-refractivity contribution in [2.45, 2.75) is 0 Å². The average molecular weight is 365 g/mol. The lowest BCUT2D eigenvalue weighted by Crippen LogP contribution is -2.32. The summed E-state index contributed by atoms with van der Waals surface area (Å²) in [5.41, 5.74) is -0.566. The van der Waals surface area contributed by atoms with Gasteiger partial charge in [-0.25, -0.2) is 8.78 Å². The number of benzene rings is 2. The molecule has 8 nitrogen and oxygen atoms in total. The molecule has 0 aliphatic rings. The zero-order valence-electron chi connectivity index (χ0n) is 13.4. The fourth-order valence-electron chi connectivity index (χ4n) is 2.07. The second-order valence-electron chi connectivity index (χ2n) is 5.03. The highest BCUT2D eigenvalue weighted by atomic mass is 19.1. The Bertz CT molecular complexity index is 853. The van der Waals surface area contributed by atoms with Gasteiger partial charge in [-0.1, -0.05) is 0 Å². The number of nitrogens with one attached hydrogen (secondary N) is 2. The molecule has 0 aliphatic heterocycles. The number of halogens is 2. The molecule has 2 amide bonds. The summed E-state index contributed by atoms with van der Waals surface area (Å²) in [5, 5.41) is 15.4. The molecule has 0 fully saturated rings. The van der Waals surface area contributed by atoms with Crippen LogP contribution in [0.25, 0.3) is 0 Å². The molecule has 0 unspecified atom stereocenters. The van der Waals surface area contributed by atoms with E-state index in [1.165, 1.54) is 19.2 Å². The van der Waals surface area contributed by atoms with Crippen LogP contribution in [-0.2, 0) is 4.79 Å². The number of ether oxygens (including phenoxy) is 1. The fraction of sp³-hybridized carbons (Fsp3) is 0.125. The third-order valence-electron chi connectivity index (χ3n) is 3.19. The number of anilines is 1. The molecule has 0 saturated carbocycles. The van der Waals surface area contributed by atoms with Gasteiger partial charge in [0, 0.05) is 23.4 Å². The summed E-state index contributed by atoms with van der Waals surface area (Å²) in [4.78, 5) is 34.0. The lowest BCUT2D eigenvalue weighted by Gasteiger charge is -2.08. The second kappa shape index (κ2) is 8.01. The summed E-state index contributed by atoms with van der Waals surface area (Å²) in [6, 6.07) is 6.02. The van der Waals surface area contributed by atoms with E-state index in [2.05, 4.69) is 10.6 Å². The molecule has 2 N–H and O–H groups in total. The largest absolute Gasteiger partial charge is 0.490 e. The maximum atomic E-state index is 13.1. The minimum Gasteiger partial charge on any atom is -0.490 e. The molecule has 136 valence electrons. The highest BCUT2D eigenvalue weighted by Crippen LogP contribution is 2.27. The Morgan fingerprint density at radius 3 is 2.38 bits per heavy atom. The SMILES string of the molecule is COc1ccc(C(=O)NCC(=O)Nc2cc(F)cc(F)c2)cc1[N+](=O)[O-]. The van der Waals surface area contributed by atoms with Crippen molar-refractivity contribution in [2.75, 3.05) is 19.0 Å². The van der Waals surface area contributed by atoms with Crippen molar-refractivity contribution in [3.05, 3.63) is 63.7 Å². The maximum Gasteiger partial charge on any atom is 0.311 e. The number of nitro groups is 1. The van der Waals surface area contributed by atoms with Crippen molar-refractivity contribution in [1.29, 1.82) is 0 Å². The summed E-state index contributed by atoms with van der Waals surface area (Å²) in [6.07, 6.45) is 0. The molecule has 0 atom stereocenters. The predicted molar refractivity (Wildman–Crippen MR) is 87.0 cm³/mol. The molecule has 0 bridgehead atoms. The monoisotopic (exact) mass is 365 g/mol. The van der Waals surface area contributed by atoms with Crippen LogP contribution >= 0.6 is 0 Å². The van der Waals surface area contributed by atoms with Gasteiger partial charge in [-0.3, -0.25) is 19.7 Å². The number of hydrogen-bond acceptors (Lipinski definition) is 5. The third-order valence-corrected chi connectivity index (χ3v) is 3.19. The average Bonchev–Trinajstić information content (AvgIpc) is 2.58. The van der Waals surface area contributed by atoms with E-state index in [0.29, 0.717) is 6.07 Å². The molecule has 0 radical (unpaired) electrons. The van der Waals surface area contributed by atoms with Crippen LogP contribution < -0.4 is 15.4 Å². The number of hydrogen-bond donors (Lipinski definition) is 2. The number of amides is 2.